The number of hydrogen-bond acceptors (Lipinski definition) is 6. The van der Waals surface area contributed by atoms with Crippen molar-refractivity contribution in [3.05, 3.63) is 24.8 Å². The van der Waals surface area contributed by atoms with E-state index >= 15 is 0 Å². The first-order valence-electron chi connectivity index (χ1n) is 4.56. The second-order valence-electron chi connectivity index (χ2n) is 3.07. The zero-order chi connectivity index (χ0) is 12.3. The van der Waals surface area contributed by atoms with Crippen molar-refractivity contribution in [3.8, 4) is 17.1 Å². The Balaban J connectivity index is 2.22. The van der Waals surface area contributed by atoms with Gasteiger partial charge in [-0.2, -0.15) is 0 Å². The van der Waals surface area contributed by atoms with Crippen LogP contribution in [-0.2, 0) is 4.79 Å². The maximum Gasteiger partial charge on any atom is 0.341 e. The Labute approximate surface area is 95.1 Å². The van der Waals surface area contributed by atoms with Gasteiger partial charge in [0.05, 0.1) is 0 Å². The zero-order valence-electron chi connectivity index (χ0n) is 8.52. The summed E-state index contributed by atoms with van der Waals surface area (Å²) in [5, 5.41) is 21.5. The van der Waals surface area contributed by atoms with Gasteiger partial charge in [-0.3, -0.25) is 0 Å². The van der Waals surface area contributed by atoms with Gasteiger partial charge in [0, 0.05) is 24.0 Å². The number of nitrogens with zero attached hydrogens (tertiary/aromatic N) is 4. The molecule has 0 aromatic carbocycles. The van der Waals surface area contributed by atoms with Gasteiger partial charge in [0.1, 0.15) is 12.0 Å². The lowest BCUT2D eigenvalue weighted by molar-refractivity contribution is -0.139. The van der Waals surface area contributed by atoms with E-state index < -0.39 is 12.6 Å². The molecule has 88 valence electrons. The topological polar surface area (TPSA) is 110 Å². The van der Waals surface area contributed by atoms with Crippen LogP contribution < -0.4 is 4.74 Å². The molecule has 0 bridgehead atoms. The van der Waals surface area contributed by atoms with Crippen LogP contribution in [0.5, 0.6) is 5.88 Å². The number of carbonyl (C=O) groups is 1. The molecule has 0 spiro atoms. The fourth-order valence-corrected chi connectivity index (χ4v) is 1.19. The largest absolute Gasteiger partial charge is 0.479 e. The van der Waals surface area contributed by atoms with Crippen molar-refractivity contribution in [2.24, 2.45) is 0 Å². The Bertz CT molecular complexity index is 525. The molecule has 2 aromatic rings. The molecule has 0 fully saturated rings. The molecule has 0 aliphatic heterocycles. The molecule has 0 saturated carbocycles. The summed E-state index contributed by atoms with van der Waals surface area (Å²) in [7, 11) is 0. The molecule has 17 heavy (non-hydrogen) atoms. The van der Waals surface area contributed by atoms with Gasteiger partial charge in [-0.25, -0.2) is 14.8 Å². The predicted octanol–water partition coefficient (Wildman–Crippen LogP) is 0.0408. The van der Waals surface area contributed by atoms with Crippen LogP contribution in [0.2, 0.25) is 0 Å². The van der Waals surface area contributed by atoms with E-state index in [4.69, 9.17) is 9.84 Å². The summed E-state index contributed by atoms with van der Waals surface area (Å²) < 4.78 is 4.82. The number of carboxylic acids is 1. The van der Waals surface area contributed by atoms with Crippen molar-refractivity contribution in [2.45, 2.75) is 0 Å². The van der Waals surface area contributed by atoms with E-state index in [0.29, 0.717) is 16.1 Å². The summed E-state index contributed by atoms with van der Waals surface area (Å²) in [5.41, 5.74) is 0.846. The number of aromatic nitrogens is 4. The fourth-order valence-electron chi connectivity index (χ4n) is 1.19. The fraction of sp³-hybridized carbons (Fsp3) is 0.111. The Hall–Kier alpha value is -2.64. The third-order valence-corrected chi connectivity index (χ3v) is 1.87. The Morgan fingerprint density at radius 3 is 2.76 bits per heavy atom. The molecule has 2 heterocycles. The molecule has 0 radical (unpaired) electrons. The van der Waals surface area contributed by atoms with Crippen LogP contribution in [0, 0.1) is 0 Å². The van der Waals surface area contributed by atoms with E-state index in [2.05, 4.69) is 15.1 Å². The molecule has 2 rings (SSSR count). The van der Waals surface area contributed by atoms with Crippen molar-refractivity contribution < 1.29 is 19.8 Å². The highest BCUT2D eigenvalue weighted by atomic mass is 16.5. The molecule has 0 amide bonds. The molecular weight excluding hydrogens is 228 g/mol. The van der Waals surface area contributed by atoms with Crippen molar-refractivity contribution in [1.29, 1.82) is 0 Å². The number of carboxylic acid groups (broad SMARTS) is 1. The highest BCUT2D eigenvalue weighted by molar-refractivity contribution is 5.68. The first kappa shape index (κ1) is 10.9. The Morgan fingerprint density at radius 1 is 1.41 bits per heavy atom. The molecule has 0 saturated heterocycles. The second-order valence-corrected chi connectivity index (χ2v) is 3.07. The highest BCUT2D eigenvalue weighted by Gasteiger charge is 2.11. The van der Waals surface area contributed by atoms with Crippen LogP contribution in [-0.4, -0.2) is 42.8 Å². The van der Waals surface area contributed by atoms with Crippen LogP contribution in [0.4, 0.5) is 0 Å². The predicted molar refractivity (Wildman–Crippen MR) is 53.6 cm³/mol. The Kier molecular flexibility index (Phi) is 2.86. The summed E-state index contributed by atoms with van der Waals surface area (Å²) >= 11 is 0. The van der Waals surface area contributed by atoms with E-state index in [1.807, 2.05) is 0 Å². The number of hydrogen-bond donors (Lipinski definition) is 2. The first-order chi connectivity index (χ1) is 8.16. The van der Waals surface area contributed by atoms with Crippen LogP contribution in [0.15, 0.2) is 24.8 Å². The second kappa shape index (κ2) is 4.47. The molecule has 0 aliphatic carbocycles. The van der Waals surface area contributed by atoms with Crippen LogP contribution >= 0.6 is 0 Å². The van der Waals surface area contributed by atoms with Crippen LogP contribution in [0.1, 0.15) is 0 Å². The van der Waals surface area contributed by atoms with Gasteiger partial charge in [-0.15, -0.1) is 0 Å². The summed E-state index contributed by atoms with van der Waals surface area (Å²) in [6.07, 6.45) is 4.32. The van der Waals surface area contributed by atoms with Gasteiger partial charge in [0.2, 0.25) is 5.88 Å². The third-order valence-electron chi connectivity index (χ3n) is 1.87. The first-order valence-corrected chi connectivity index (χ1v) is 4.56. The zero-order valence-corrected chi connectivity index (χ0v) is 8.52. The summed E-state index contributed by atoms with van der Waals surface area (Å²) in [6, 6.07) is 1.39. The van der Waals surface area contributed by atoms with Crippen LogP contribution in [0.3, 0.4) is 0 Å². The van der Waals surface area contributed by atoms with E-state index in [1.54, 1.807) is 0 Å². The van der Waals surface area contributed by atoms with E-state index in [1.165, 1.54) is 24.8 Å². The summed E-state index contributed by atoms with van der Waals surface area (Å²) in [5.74, 6) is -1.11. The molecule has 2 aromatic heterocycles. The minimum Gasteiger partial charge on any atom is -0.479 e. The lowest BCUT2D eigenvalue weighted by atomic mass is 10.2. The minimum absolute atomic E-state index is 0.00810. The number of aliphatic carboxylic acids is 1. The minimum atomic E-state index is -1.12. The monoisotopic (exact) mass is 236 g/mol. The van der Waals surface area contributed by atoms with Gasteiger partial charge in [-0.1, -0.05) is 9.94 Å². The maximum atomic E-state index is 10.3. The van der Waals surface area contributed by atoms with E-state index in [0.717, 1.165) is 0 Å². The Morgan fingerprint density at radius 2 is 2.12 bits per heavy atom. The van der Waals surface area contributed by atoms with Crippen molar-refractivity contribution in [2.75, 3.05) is 6.61 Å². The standard InChI is InChI=1S/C9H8N4O4/c14-9(15)4-17-8-1-7(13(16)12-8)6-2-10-5-11-3-6/h1-3,5,16H,4H2,(H,14,15). The third kappa shape index (κ3) is 2.48. The van der Waals surface area contributed by atoms with Gasteiger partial charge >= 0.3 is 5.97 Å². The van der Waals surface area contributed by atoms with Crippen LogP contribution in [0.25, 0.3) is 11.3 Å². The van der Waals surface area contributed by atoms with E-state index in [-0.39, 0.29) is 5.88 Å². The van der Waals surface area contributed by atoms with Crippen molar-refractivity contribution >= 4 is 5.97 Å². The smallest absolute Gasteiger partial charge is 0.341 e. The lowest BCUT2D eigenvalue weighted by Crippen LogP contribution is -2.09. The maximum absolute atomic E-state index is 10.3. The molecule has 8 heteroatoms. The highest BCUT2D eigenvalue weighted by Crippen LogP contribution is 2.21. The molecule has 8 nitrogen and oxygen atoms in total. The van der Waals surface area contributed by atoms with E-state index in [9.17, 15) is 10.0 Å². The average Bonchev–Trinajstić information content (AvgIpc) is 2.69. The average molecular weight is 236 g/mol. The van der Waals surface area contributed by atoms with Crippen molar-refractivity contribution in [1.82, 2.24) is 19.9 Å². The molecule has 2 N–H and O–H groups in total. The molecular formula is C9H8N4O4. The molecule has 0 aliphatic rings. The quantitative estimate of drug-likeness (QED) is 0.721. The van der Waals surface area contributed by atoms with Gasteiger partial charge in [0.15, 0.2) is 6.61 Å². The summed E-state index contributed by atoms with van der Waals surface area (Å²) in [4.78, 5) is 18.4. The number of rotatable bonds is 4. The molecule has 0 unspecified atom stereocenters. The van der Waals surface area contributed by atoms with Gasteiger partial charge in [0.25, 0.3) is 0 Å². The SMILES string of the molecule is O=C(O)COc1cc(-c2cncnc2)n(O)n1. The summed E-state index contributed by atoms with van der Waals surface area (Å²) in [6.45, 7) is -0.526. The van der Waals surface area contributed by atoms with Crippen molar-refractivity contribution in [3.63, 3.8) is 0 Å². The van der Waals surface area contributed by atoms with Gasteiger partial charge < -0.3 is 15.1 Å². The van der Waals surface area contributed by atoms with Gasteiger partial charge in [-0.05, 0) is 0 Å². The lowest BCUT2D eigenvalue weighted by Gasteiger charge is -1.96. The number of ether oxygens (including phenoxy) is 1. The molecule has 0 atom stereocenters. The normalized spacial score (nSPS) is 10.1.